The lowest BCUT2D eigenvalue weighted by molar-refractivity contribution is 0.195. The molecule has 114 valence electrons. The Morgan fingerprint density at radius 1 is 1.33 bits per heavy atom. The average molecular weight is 289 g/mol. The van der Waals surface area contributed by atoms with E-state index in [1.807, 2.05) is 29.2 Å². The standard InChI is InChI=1S/C16H23N3O2/c1-21-15-9-3-2-6-13(15)18-16(20)19-11-5-8-14(19)12-7-4-10-17-12/h2-3,6,9,12,14,17H,4-5,7-8,10-11H2,1H3,(H,18,20)/t12-,14-/m1/s1. The van der Waals surface area contributed by atoms with Crippen LogP contribution in [0.2, 0.25) is 0 Å². The topological polar surface area (TPSA) is 53.6 Å². The van der Waals surface area contributed by atoms with Crippen LogP contribution in [0.3, 0.4) is 0 Å². The molecule has 2 fully saturated rings. The van der Waals surface area contributed by atoms with Crippen molar-refractivity contribution in [1.29, 1.82) is 0 Å². The molecule has 2 amide bonds. The fraction of sp³-hybridized carbons (Fsp3) is 0.562. The van der Waals surface area contributed by atoms with E-state index in [1.165, 1.54) is 12.8 Å². The lowest BCUT2D eigenvalue weighted by Gasteiger charge is -2.29. The Bertz CT molecular complexity index is 500. The van der Waals surface area contributed by atoms with Crippen molar-refractivity contribution in [2.45, 2.75) is 37.8 Å². The van der Waals surface area contributed by atoms with Crippen molar-refractivity contribution >= 4 is 11.7 Å². The van der Waals surface area contributed by atoms with Gasteiger partial charge in [-0.1, -0.05) is 12.1 Å². The molecular weight excluding hydrogens is 266 g/mol. The minimum Gasteiger partial charge on any atom is -0.495 e. The summed E-state index contributed by atoms with van der Waals surface area (Å²) in [6, 6.07) is 8.28. The summed E-state index contributed by atoms with van der Waals surface area (Å²) in [5.74, 6) is 0.695. The molecule has 1 aromatic carbocycles. The number of amides is 2. The molecule has 0 unspecified atom stereocenters. The Morgan fingerprint density at radius 3 is 2.95 bits per heavy atom. The first-order valence-corrected chi connectivity index (χ1v) is 7.73. The van der Waals surface area contributed by atoms with Crippen LogP contribution in [0.5, 0.6) is 5.75 Å². The van der Waals surface area contributed by atoms with Crippen molar-refractivity contribution in [1.82, 2.24) is 10.2 Å². The van der Waals surface area contributed by atoms with Crippen LogP contribution in [0.25, 0.3) is 0 Å². The Hall–Kier alpha value is -1.75. The molecule has 2 aliphatic heterocycles. The van der Waals surface area contributed by atoms with Gasteiger partial charge in [-0.25, -0.2) is 4.79 Å². The highest BCUT2D eigenvalue weighted by Crippen LogP contribution is 2.28. The number of nitrogens with zero attached hydrogens (tertiary/aromatic N) is 1. The molecule has 0 bridgehead atoms. The van der Waals surface area contributed by atoms with Crippen LogP contribution < -0.4 is 15.4 Å². The van der Waals surface area contributed by atoms with Crippen molar-refractivity contribution in [3.8, 4) is 5.75 Å². The van der Waals surface area contributed by atoms with Gasteiger partial charge in [0.05, 0.1) is 12.8 Å². The number of ether oxygens (including phenoxy) is 1. The van der Waals surface area contributed by atoms with Crippen LogP contribution in [0.15, 0.2) is 24.3 Å². The van der Waals surface area contributed by atoms with Crippen molar-refractivity contribution < 1.29 is 9.53 Å². The molecule has 3 rings (SSSR count). The molecule has 21 heavy (non-hydrogen) atoms. The summed E-state index contributed by atoms with van der Waals surface area (Å²) in [5, 5.41) is 6.51. The third-order valence-electron chi connectivity index (χ3n) is 4.47. The monoisotopic (exact) mass is 289 g/mol. The number of carbonyl (C=O) groups excluding carboxylic acids is 1. The smallest absolute Gasteiger partial charge is 0.322 e. The number of benzene rings is 1. The third kappa shape index (κ3) is 2.97. The molecule has 2 aliphatic rings. The first kappa shape index (κ1) is 14.2. The maximum Gasteiger partial charge on any atom is 0.322 e. The van der Waals surface area contributed by atoms with Crippen molar-refractivity contribution in [3.05, 3.63) is 24.3 Å². The minimum atomic E-state index is -0.0179. The fourth-order valence-electron chi connectivity index (χ4n) is 3.44. The van der Waals surface area contributed by atoms with Crippen LogP contribution in [0.4, 0.5) is 10.5 Å². The second-order valence-electron chi connectivity index (χ2n) is 5.74. The summed E-state index contributed by atoms with van der Waals surface area (Å²) >= 11 is 0. The van der Waals surface area contributed by atoms with Crippen LogP contribution in [-0.4, -0.2) is 43.2 Å². The molecule has 0 aliphatic carbocycles. The van der Waals surface area contributed by atoms with Gasteiger partial charge < -0.3 is 20.3 Å². The number of hydrogen-bond donors (Lipinski definition) is 2. The van der Waals surface area contributed by atoms with E-state index in [0.717, 1.165) is 31.6 Å². The van der Waals surface area contributed by atoms with Gasteiger partial charge in [-0.15, -0.1) is 0 Å². The third-order valence-corrected chi connectivity index (χ3v) is 4.47. The maximum absolute atomic E-state index is 12.6. The molecule has 0 radical (unpaired) electrons. The quantitative estimate of drug-likeness (QED) is 0.898. The molecule has 2 N–H and O–H groups in total. The SMILES string of the molecule is COc1ccccc1NC(=O)N1CCC[C@@H]1[C@H]1CCCN1. The Kier molecular flexibility index (Phi) is 4.29. The van der Waals surface area contributed by atoms with E-state index in [-0.39, 0.29) is 6.03 Å². The highest BCUT2D eigenvalue weighted by atomic mass is 16.5. The van der Waals surface area contributed by atoms with Crippen LogP contribution in [0.1, 0.15) is 25.7 Å². The highest BCUT2D eigenvalue weighted by Gasteiger charge is 2.36. The van der Waals surface area contributed by atoms with E-state index in [9.17, 15) is 4.79 Å². The molecule has 2 atom stereocenters. The second-order valence-corrected chi connectivity index (χ2v) is 5.74. The molecule has 0 saturated carbocycles. The van der Waals surface area contributed by atoms with Crippen LogP contribution >= 0.6 is 0 Å². The zero-order valence-corrected chi connectivity index (χ0v) is 12.5. The lowest BCUT2D eigenvalue weighted by atomic mass is 10.0. The molecule has 0 spiro atoms. The predicted molar refractivity (Wildman–Crippen MR) is 82.8 cm³/mol. The summed E-state index contributed by atoms with van der Waals surface area (Å²) in [6.07, 6.45) is 4.56. The van der Waals surface area contributed by atoms with Gasteiger partial charge in [0.2, 0.25) is 0 Å². The van der Waals surface area contributed by atoms with E-state index in [4.69, 9.17) is 4.74 Å². The summed E-state index contributed by atoms with van der Waals surface area (Å²) in [5.41, 5.74) is 0.732. The zero-order valence-electron chi connectivity index (χ0n) is 12.5. The molecule has 2 saturated heterocycles. The van der Waals surface area contributed by atoms with Gasteiger partial charge in [0.1, 0.15) is 5.75 Å². The number of likely N-dealkylation sites (tertiary alicyclic amines) is 1. The molecule has 0 aromatic heterocycles. The number of methoxy groups -OCH3 is 1. The lowest BCUT2D eigenvalue weighted by Crippen LogP contribution is -2.48. The first-order valence-electron chi connectivity index (χ1n) is 7.73. The number of nitrogens with one attached hydrogen (secondary N) is 2. The van der Waals surface area contributed by atoms with Crippen molar-refractivity contribution in [2.24, 2.45) is 0 Å². The largest absolute Gasteiger partial charge is 0.495 e. The maximum atomic E-state index is 12.6. The Labute approximate surface area is 125 Å². The van der Waals surface area contributed by atoms with E-state index >= 15 is 0 Å². The Balaban J connectivity index is 1.69. The molecule has 5 heteroatoms. The number of urea groups is 1. The molecule has 5 nitrogen and oxygen atoms in total. The molecule has 1 aromatic rings. The summed E-state index contributed by atoms with van der Waals surface area (Å²) in [7, 11) is 1.62. The van der Waals surface area contributed by atoms with Gasteiger partial charge in [0.15, 0.2) is 0 Å². The number of anilines is 1. The van der Waals surface area contributed by atoms with Crippen molar-refractivity contribution in [2.75, 3.05) is 25.5 Å². The summed E-state index contributed by atoms with van der Waals surface area (Å²) in [6.45, 7) is 1.91. The van der Waals surface area contributed by atoms with Crippen molar-refractivity contribution in [3.63, 3.8) is 0 Å². The van der Waals surface area contributed by atoms with E-state index in [1.54, 1.807) is 7.11 Å². The van der Waals surface area contributed by atoms with E-state index in [0.29, 0.717) is 17.8 Å². The minimum absolute atomic E-state index is 0.0179. The Morgan fingerprint density at radius 2 is 2.19 bits per heavy atom. The summed E-state index contributed by atoms with van der Waals surface area (Å²) in [4.78, 5) is 14.6. The van der Waals surface area contributed by atoms with Crippen LogP contribution in [-0.2, 0) is 0 Å². The predicted octanol–water partition coefficient (Wildman–Crippen LogP) is 2.44. The molecular formula is C16H23N3O2. The van der Waals surface area contributed by atoms with Gasteiger partial charge in [-0.05, 0) is 44.4 Å². The van der Waals surface area contributed by atoms with Crippen LogP contribution in [0, 0.1) is 0 Å². The normalized spacial score (nSPS) is 25.1. The number of hydrogen-bond acceptors (Lipinski definition) is 3. The first-order chi connectivity index (χ1) is 10.3. The fourth-order valence-corrected chi connectivity index (χ4v) is 3.44. The number of carbonyl (C=O) groups is 1. The number of para-hydroxylation sites is 2. The van der Waals surface area contributed by atoms with Gasteiger partial charge in [-0.3, -0.25) is 0 Å². The number of rotatable bonds is 3. The van der Waals surface area contributed by atoms with Gasteiger partial charge in [0, 0.05) is 18.6 Å². The highest BCUT2D eigenvalue weighted by molar-refractivity contribution is 5.91. The average Bonchev–Trinajstić information content (AvgIpc) is 3.18. The van der Waals surface area contributed by atoms with E-state index in [2.05, 4.69) is 10.6 Å². The van der Waals surface area contributed by atoms with Gasteiger partial charge in [-0.2, -0.15) is 0 Å². The second kappa shape index (κ2) is 6.35. The molecule has 2 heterocycles. The van der Waals surface area contributed by atoms with Gasteiger partial charge >= 0.3 is 6.03 Å². The zero-order chi connectivity index (χ0) is 14.7. The summed E-state index contributed by atoms with van der Waals surface area (Å²) < 4.78 is 5.29. The van der Waals surface area contributed by atoms with Gasteiger partial charge in [0.25, 0.3) is 0 Å². The van der Waals surface area contributed by atoms with E-state index < -0.39 is 0 Å².